The van der Waals surface area contributed by atoms with E-state index in [9.17, 15) is 0 Å². The topological polar surface area (TPSA) is 3.24 Å². The minimum Gasteiger partial charge on any atom is -0.310 e. The van der Waals surface area contributed by atoms with Crippen molar-refractivity contribution in [1.29, 1.82) is 0 Å². The lowest BCUT2D eigenvalue weighted by Gasteiger charge is -2.33. The Kier molecular flexibility index (Phi) is 8.73. The molecule has 0 unspecified atom stereocenters. The molecule has 0 heterocycles. The molecule has 0 N–H and O–H groups in total. The van der Waals surface area contributed by atoms with Crippen LogP contribution in [-0.2, 0) is 5.41 Å². The Morgan fingerprint density at radius 3 is 1.31 bits per heavy atom. The van der Waals surface area contributed by atoms with Gasteiger partial charge in [0.05, 0.1) is 11.1 Å². The first kappa shape index (κ1) is 41.1. The summed E-state index contributed by atoms with van der Waals surface area (Å²) in [5.41, 5.74) is 18.0. The zero-order valence-corrected chi connectivity index (χ0v) is 40.4. The van der Waals surface area contributed by atoms with E-state index >= 15 is 0 Å². The first-order valence-electron chi connectivity index (χ1n) is 25.8. The van der Waals surface area contributed by atoms with Crippen LogP contribution in [0.4, 0.5) is 17.1 Å². The molecule has 0 aliphatic heterocycles. The predicted octanol–water partition coefficient (Wildman–Crippen LogP) is 19.8. The highest BCUT2D eigenvalue weighted by atomic mass is 15.1. The summed E-state index contributed by atoms with van der Waals surface area (Å²) >= 11 is 0. The van der Waals surface area contributed by atoms with Crippen molar-refractivity contribution in [2.45, 2.75) is 5.41 Å². The third kappa shape index (κ3) is 5.75. The van der Waals surface area contributed by atoms with Crippen molar-refractivity contribution in [3.8, 4) is 44.5 Å². The molecule has 0 bridgehead atoms. The van der Waals surface area contributed by atoms with Gasteiger partial charge in [0.2, 0.25) is 0 Å². The molecule has 342 valence electrons. The van der Waals surface area contributed by atoms with Crippen LogP contribution in [0.3, 0.4) is 0 Å². The summed E-state index contributed by atoms with van der Waals surface area (Å²) in [5, 5.41) is 15.0. The number of hydrogen-bond acceptors (Lipinski definition) is 1. The molecule has 0 radical (unpaired) electrons. The van der Waals surface area contributed by atoms with E-state index in [4.69, 9.17) is 0 Å². The molecule has 1 spiro atoms. The highest BCUT2D eigenvalue weighted by Crippen LogP contribution is 2.64. The monoisotopic (exact) mass is 935 g/mol. The highest BCUT2D eigenvalue weighted by molar-refractivity contribution is 6.26. The average molecular weight is 936 g/mol. The van der Waals surface area contributed by atoms with E-state index in [1.54, 1.807) is 0 Å². The van der Waals surface area contributed by atoms with Gasteiger partial charge in [-0.1, -0.05) is 224 Å². The van der Waals surface area contributed by atoms with Crippen molar-refractivity contribution in [3.05, 3.63) is 295 Å². The molecule has 14 aromatic rings. The van der Waals surface area contributed by atoms with Crippen molar-refractivity contribution in [2.75, 3.05) is 4.90 Å². The molecule has 16 rings (SSSR count). The summed E-state index contributed by atoms with van der Waals surface area (Å²) in [6.07, 6.45) is 0. The van der Waals surface area contributed by atoms with Crippen LogP contribution in [-0.4, -0.2) is 0 Å². The highest BCUT2D eigenvalue weighted by Gasteiger charge is 2.52. The average Bonchev–Trinajstić information content (AvgIpc) is 3.99. The molecule has 2 aliphatic carbocycles. The summed E-state index contributed by atoms with van der Waals surface area (Å²) in [7, 11) is 0. The quantitative estimate of drug-likeness (QED) is 0.155. The smallest absolute Gasteiger partial charge is 0.0726 e. The molecule has 1 heteroatoms. The van der Waals surface area contributed by atoms with Gasteiger partial charge < -0.3 is 4.90 Å². The van der Waals surface area contributed by atoms with Crippen LogP contribution in [0.1, 0.15) is 22.3 Å². The van der Waals surface area contributed by atoms with Gasteiger partial charge in [0.15, 0.2) is 0 Å². The Morgan fingerprint density at radius 1 is 0.216 bits per heavy atom. The molecule has 0 fully saturated rings. The van der Waals surface area contributed by atoms with Crippen molar-refractivity contribution in [1.82, 2.24) is 0 Å². The van der Waals surface area contributed by atoms with Crippen LogP contribution in [0.15, 0.2) is 273 Å². The van der Waals surface area contributed by atoms with E-state index < -0.39 is 5.41 Å². The standard InChI is InChI=1S/C73H45N/c1-2-18-48-41-49(34-33-46(48)17-1)47-35-37-51(38-36-47)74(52-39-40-60-57-24-7-6-22-55(57)56-23-8-10-26-59(56)65(60)43-52)72-45-71-66(44-67(72)64-42-50-19-3-4-20-53(50)54-21-5-9-25-58(54)64)63-29-13-16-32-70(63)73(71)68-30-14-11-27-61(68)62-28-12-15-31-69(62)73/h1-45H. The first-order chi connectivity index (χ1) is 36.7. The summed E-state index contributed by atoms with van der Waals surface area (Å²) in [6, 6.07) is 103. The van der Waals surface area contributed by atoms with Crippen LogP contribution in [0.2, 0.25) is 0 Å². The number of benzene rings is 14. The summed E-state index contributed by atoms with van der Waals surface area (Å²) in [5.74, 6) is 0. The molecule has 0 saturated carbocycles. The van der Waals surface area contributed by atoms with Crippen molar-refractivity contribution < 1.29 is 0 Å². The zero-order valence-electron chi connectivity index (χ0n) is 40.4. The number of hydrogen-bond donors (Lipinski definition) is 0. The van der Waals surface area contributed by atoms with Gasteiger partial charge in [-0.3, -0.25) is 0 Å². The zero-order chi connectivity index (χ0) is 48.5. The Morgan fingerprint density at radius 2 is 0.676 bits per heavy atom. The fraction of sp³-hybridized carbons (Fsp3) is 0.0137. The molecule has 74 heavy (non-hydrogen) atoms. The maximum Gasteiger partial charge on any atom is 0.0726 e. The van der Waals surface area contributed by atoms with Crippen LogP contribution in [0.5, 0.6) is 0 Å². The number of nitrogens with zero attached hydrogens (tertiary/aromatic N) is 1. The van der Waals surface area contributed by atoms with Crippen LogP contribution < -0.4 is 4.90 Å². The maximum absolute atomic E-state index is 2.59. The molecule has 0 atom stereocenters. The minimum atomic E-state index is -0.540. The second-order valence-electron chi connectivity index (χ2n) is 20.3. The van der Waals surface area contributed by atoms with Crippen LogP contribution in [0.25, 0.3) is 109 Å². The normalized spacial score (nSPS) is 13.0. The number of anilines is 3. The molecule has 0 amide bonds. The van der Waals surface area contributed by atoms with Gasteiger partial charge >= 0.3 is 0 Å². The Hall–Kier alpha value is -9.56. The Bertz CT molecular complexity index is 4590. The summed E-state index contributed by atoms with van der Waals surface area (Å²) in [6.45, 7) is 0. The molecular weight excluding hydrogens is 891 g/mol. The fourth-order valence-electron chi connectivity index (χ4n) is 13.4. The molecule has 0 saturated heterocycles. The van der Waals surface area contributed by atoms with Gasteiger partial charge in [-0.05, 0) is 174 Å². The first-order valence-corrected chi connectivity index (χ1v) is 25.8. The third-order valence-electron chi connectivity index (χ3n) is 16.6. The second-order valence-corrected chi connectivity index (χ2v) is 20.3. The van der Waals surface area contributed by atoms with E-state index in [1.165, 1.54) is 131 Å². The predicted molar refractivity (Wildman–Crippen MR) is 313 cm³/mol. The van der Waals surface area contributed by atoms with Gasteiger partial charge in [-0.2, -0.15) is 0 Å². The van der Waals surface area contributed by atoms with Gasteiger partial charge in [0.1, 0.15) is 0 Å². The van der Waals surface area contributed by atoms with Gasteiger partial charge in [-0.25, -0.2) is 0 Å². The molecule has 0 aromatic heterocycles. The van der Waals surface area contributed by atoms with Gasteiger partial charge in [-0.15, -0.1) is 0 Å². The van der Waals surface area contributed by atoms with E-state index in [0.29, 0.717) is 0 Å². The molecule has 2 aliphatic rings. The van der Waals surface area contributed by atoms with E-state index in [2.05, 4.69) is 278 Å². The fourth-order valence-corrected chi connectivity index (χ4v) is 13.4. The van der Waals surface area contributed by atoms with Crippen LogP contribution >= 0.6 is 0 Å². The lowest BCUT2D eigenvalue weighted by molar-refractivity contribution is 0.794. The summed E-state index contributed by atoms with van der Waals surface area (Å²) < 4.78 is 0. The van der Waals surface area contributed by atoms with Crippen LogP contribution in [0, 0.1) is 0 Å². The lowest BCUT2D eigenvalue weighted by Crippen LogP contribution is -2.26. The SMILES string of the molecule is c1ccc2c(c1)-c1ccccc1C21c2ccccc2-c2cc(-c3cc4ccccc4c4ccccc34)c(N(c3ccc(-c4ccc5ccccc5c4)cc3)c3ccc4c5ccccc5c5ccccc5c4c3)cc21. The molecular formula is C73H45N. The van der Waals surface area contributed by atoms with Crippen molar-refractivity contribution in [2.24, 2.45) is 0 Å². The number of fused-ring (bicyclic) bond motifs is 20. The largest absolute Gasteiger partial charge is 0.310 e. The van der Waals surface area contributed by atoms with Crippen molar-refractivity contribution in [3.63, 3.8) is 0 Å². The van der Waals surface area contributed by atoms with Crippen molar-refractivity contribution >= 4 is 81.7 Å². The second kappa shape index (κ2) is 15.7. The Labute approximate surface area is 429 Å². The van der Waals surface area contributed by atoms with E-state index in [-0.39, 0.29) is 0 Å². The van der Waals surface area contributed by atoms with E-state index in [0.717, 1.165) is 17.1 Å². The van der Waals surface area contributed by atoms with Gasteiger partial charge in [0, 0.05) is 16.9 Å². The summed E-state index contributed by atoms with van der Waals surface area (Å²) in [4.78, 5) is 2.57. The maximum atomic E-state index is 2.59. The Balaban J connectivity index is 1.04. The number of rotatable bonds is 5. The molecule has 1 nitrogen and oxygen atoms in total. The lowest BCUT2D eigenvalue weighted by atomic mass is 9.70. The molecule has 14 aromatic carbocycles. The third-order valence-corrected chi connectivity index (χ3v) is 16.6. The van der Waals surface area contributed by atoms with E-state index in [1.807, 2.05) is 0 Å². The van der Waals surface area contributed by atoms with Gasteiger partial charge in [0.25, 0.3) is 0 Å². The minimum absolute atomic E-state index is 0.540.